The molecule has 1 heterocycles. The summed E-state index contributed by atoms with van der Waals surface area (Å²) >= 11 is 7.62. The van der Waals surface area contributed by atoms with Crippen LogP contribution in [-0.4, -0.2) is 13.2 Å². The van der Waals surface area contributed by atoms with Crippen molar-refractivity contribution in [3.05, 3.63) is 50.7 Å². The van der Waals surface area contributed by atoms with Crippen LogP contribution < -0.4 is 10.1 Å². The molecule has 0 aliphatic heterocycles. The van der Waals surface area contributed by atoms with Gasteiger partial charge in [0.05, 0.1) is 10.4 Å². The first kappa shape index (κ1) is 16.2. The fraction of sp³-hybridized carbons (Fsp3) is 0.333. The highest BCUT2D eigenvalue weighted by Gasteiger charge is 2.17. The minimum absolute atomic E-state index is 0.0903. The third kappa shape index (κ3) is 4.15. The molecule has 0 fully saturated rings. The van der Waals surface area contributed by atoms with E-state index in [1.54, 1.807) is 12.1 Å². The molecule has 2 nitrogen and oxygen atoms in total. The van der Waals surface area contributed by atoms with Crippen molar-refractivity contribution >= 4 is 22.9 Å². The average molecular weight is 332 g/mol. The van der Waals surface area contributed by atoms with Gasteiger partial charge in [0, 0.05) is 4.88 Å². The Morgan fingerprint density at radius 3 is 2.67 bits per heavy atom. The third-order valence-electron chi connectivity index (χ3n) is 2.99. The first-order chi connectivity index (χ1) is 10.0. The number of alkyl halides is 2. The maximum atomic E-state index is 12.3. The number of hydrogen-bond acceptors (Lipinski definition) is 3. The first-order valence-electron chi connectivity index (χ1n) is 6.55. The quantitative estimate of drug-likeness (QED) is 0.803. The Morgan fingerprint density at radius 2 is 2.10 bits per heavy atom. The van der Waals surface area contributed by atoms with Crippen molar-refractivity contribution in [2.45, 2.75) is 26.5 Å². The van der Waals surface area contributed by atoms with Crippen LogP contribution in [0.15, 0.2) is 30.3 Å². The van der Waals surface area contributed by atoms with Gasteiger partial charge in [-0.2, -0.15) is 8.78 Å². The van der Waals surface area contributed by atoms with Crippen LogP contribution in [0.1, 0.15) is 29.0 Å². The minimum Gasteiger partial charge on any atom is -0.435 e. The van der Waals surface area contributed by atoms with Gasteiger partial charge in [0.1, 0.15) is 5.75 Å². The Labute approximate surface area is 131 Å². The second kappa shape index (κ2) is 7.20. The lowest BCUT2D eigenvalue weighted by molar-refractivity contribution is -0.0498. The first-order valence-corrected chi connectivity index (χ1v) is 7.74. The Morgan fingerprint density at radius 1 is 1.33 bits per heavy atom. The van der Waals surface area contributed by atoms with E-state index in [0.717, 1.165) is 26.9 Å². The molecule has 0 aliphatic carbocycles. The van der Waals surface area contributed by atoms with E-state index in [1.165, 1.54) is 17.4 Å². The Kier molecular flexibility index (Phi) is 5.56. The minimum atomic E-state index is -2.82. The molecule has 0 spiro atoms. The fourth-order valence-electron chi connectivity index (χ4n) is 2.08. The summed E-state index contributed by atoms with van der Waals surface area (Å²) in [5.74, 6) is 0.157. The largest absolute Gasteiger partial charge is 0.435 e. The molecular weight excluding hydrogens is 316 g/mol. The molecule has 0 bridgehead atoms. The summed E-state index contributed by atoms with van der Waals surface area (Å²) in [6.07, 6.45) is 0. The van der Waals surface area contributed by atoms with Gasteiger partial charge in [0.15, 0.2) is 0 Å². The van der Waals surface area contributed by atoms with Gasteiger partial charge in [-0.05, 0) is 42.8 Å². The van der Waals surface area contributed by atoms with Gasteiger partial charge < -0.3 is 10.1 Å². The molecular formula is C15H16ClF2NOS. The molecule has 0 aliphatic rings. The molecule has 0 saturated heterocycles. The van der Waals surface area contributed by atoms with Crippen molar-refractivity contribution in [1.82, 2.24) is 5.32 Å². The molecule has 114 valence electrons. The topological polar surface area (TPSA) is 21.3 Å². The van der Waals surface area contributed by atoms with E-state index < -0.39 is 6.61 Å². The number of benzene rings is 1. The summed E-state index contributed by atoms with van der Waals surface area (Å²) in [4.78, 5) is 1.05. The van der Waals surface area contributed by atoms with Gasteiger partial charge in [0.25, 0.3) is 0 Å². The molecule has 1 aromatic heterocycles. The molecule has 1 atom stereocenters. The lowest BCUT2D eigenvalue weighted by Crippen LogP contribution is -2.21. The molecule has 2 aromatic rings. The standard InChI is InChI=1S/C15H16ClF2NOS/c1-3-19-13(12-7-9(2)14(16)21-12)10-5-4-6-11(8-10)20-15(17)18/h4-8,13,15,19H,3H2,1-2H3. The Balaban J connectivity index is 2.33. The van der Waals surface area contributed by atoms with Crippen LogP contribution in [0.4, 0.5) is 8.78 Å². The highest BCUT2D eigenvalue weighted by molar-refractivity contribution is 7.16. The average Bonchev–Trinajstić information content (AvgIpc) is 2.75. The Bertz CT molecular complexity index is 584. The van der Waals surface area contributed by atoms with Crippen LogP contribution in [0.25, 0.3) is 0 Å². The summed E-state index contributed by atoms with van der Waals surface area (Å²) in [6.45, 7) is 1.87. The van der Waals surface area contributed by atoms with E-state index in [-0.39, 0.29) is 11.8 Å². The van der Waals surface area contributed by atoms with E-state index >= 15 is 0 Å². The number of rotatable bonds is 6. The predicted octanol–water partition coefficient (Wildman–Crippen LogP) is 5.01. The van der Waals surface area contributed by atoms with Crippen molar-refractivity contribution in [3.63, 3.8) is 0 Å². The van der Waals surface area contributed by atoms with Gasteiger partial charge >= 0.3 is 6.61 Å². The smallest absolute Gasteiger partial charge is 0.387 e. The lowest BCUT2D eigenvalue weighted by atomic mass is 10.0. The van der Waals surface area contributed by atoms with Crippen molar-refractivity contribution < 1.29 is 13.5 Å². The molecule has 1 N–H and O–H groups in total. The van der Waals surface area contributed by atoms with Crippen molar-refractivity contribution in [2.75, 3.05) is 6.54 Å². The molecule has 1 aromatic carbocycles. The van der Waals surface area contributed by atoms with E-state index in [2.05, 4.69) is 10.1 Å². The van der Waals surface area contributed by atoms with Gasteiger partial charge in [-0.25, -0.2) is 0 Å². The van der Waals surface area contributed by atoms with Crippen molar-refractivity contribution in [1.29, 1.82) is 0 Å². The molecule has 6 heteroatoms. The molecule has 21 heavy (non-hydrogen) atoms. The van der Waals surface area contributed by atoms with Crippen molar-refractivity contribution in [3.8, 4) is 5.75 Å². The highest BCUT2D eigenvalue weighted by atomic mass is 35.5. The number of halogens is 3. The fourth-order valence-corrected chi connectivity index (χ4v) is 3.40. The second-order valence-corrected chi connectivity index (χ2v) is 6.23. The second-order valence-electron chi connectivity index (χ2n) is 4.55. The van der Waals surface area contributed by atoms with Crippen LogP contribution >= 0.6 is 22.9 Å². The van der Waals surface area contributed by atoms with Gasteiger partial charge in [0.2, 0.25) is 0 Å². The number of hydrogen-bond donors (Lipinski definition) is 1. The molecule has 1 unspecified atom stereocenters. The van der Waals surface area contributed by atoms with Crippen LogP contribution in [0.5, 0.6) is 5.75 Å². The zero-order valence-corrected chi connectivity index (χ0v) is 13.3. The van der Waals surface area contributed by atoms with Crippen LogP contribution in [0.3, 0.4) is 0 Å². The molecule has 0 saturated carbocycles. The number of aryl methyl sites for hydroxylation is 1. The number of ether oxygens (including phenoxy) is 1. The zero-order chi connectivity index (χ0) is 15.4. The van der Waals surface area contributed by atoms with Crippen molar-refractivity contribution in [2.24, 2.45) is 0 Å². The third-order valence-corrected chi connectivity index (χ3v) is 4.61. The summed E-state index contributed by atoms with van der Waals surface area (Å²) in [6, 6.07) is 8.66. The number of thiophene rings is 1. The number of nitrogens with one attached hydrogen (secondary N) is 1. The van der Waals surface area contributed by atoms with E-state index in [0.29, 0.717) is 0 Å². The summed E-state index contributed by atoms with van der Waals surface area (Å²) in [7, 11) is 0. The van der Waals surface area contributed by atoms with E-state index in [1.807, 2.05) is 26.0 Å². The van der Waals surface area contributed by atoms with Gasteiger partial charge in [-0.3, -0.25) is 0 Å². The molecule has 2 rings (SSSR count). The summed E-state index contributed by atoms with van der Waals surface area (Å²) in [5, 5.41) is 3.35. The maximum absolute atomic E-state index is 12.3. The van der Waals surface area contributed by atoms with Crippen LogP contribution in [0, 0.1) is 6.92 Å². The SMILES string of the molecule is CCNC(c1cccc(OC(F)F)c1)c1cc(C)c(Cl)s1. The van der Waals surface area contributed by atoms with E-state index in [9.17, 15) is 8.78 Å². The normalized spacial score (nSPS) is 12.7. The highest BCUT2D eigenvalue weighted by Crippen LogP contribution is 2.35. The van der Waals surface area contributed by atoms with Gasteiger partial charge in [-0.1, -0.05) is 30.7 Å². The summed E-state index contributed by atoms with van der Waals surface area (Å²) in [5.41, 5.74) is 1.88. The van der Waals surface area contributed by atoms with Crippen LogP contribution in [0.2, 0.25) is 4.34 Å². The van der Waals surface area contributed by atoms with Crippen LogP contribution in [-0.2, 0) is 0 Å². The zero-order valence-electron chi connectivity index (χ0n) is 11.7. The maximum Gasteiger partial charge on any atom is 0.387 e. The van der Waals surface area contributed by atoms with E-state index in [4.69, 9.17) is 11.6 Å². The Hall–Kier alpha value is -1.17. The summed E-state index contributed by atoms with van der Waals surface area (Å²) < 4.78 is 29.9. The molecule has 0 amide bonds. The van der Waals surface area contributed by atoms with Gasteiger partial charge in [-0.15, -0.1) is 11.3 Å². The lowest BCUT2D eigenvalue weighted by Gasteiger charge is -2.18. The monoisotopic (exact) mass is 331 g/mol. The predicted molar refractivity (Wildman–Crippen MR) is 82.7 cm³/mol. The molecule has 0 radical (unpaired) electrons.